The molecule has 4 aromatic carbocycles. The number of benzene rings is 4. The van der Waals surface area contributed by atoms with Gasteiger partial charge in [0.15, 0.2) is 0 Å². The summed E-state index contributed by atoms with van der Waals surface area (Å²) in [4.78, 5) is 28.1. The Morgan fingerprint density at radius 3 is 2.08 bits per heavy atom. The first-order valence-corrected chi connectivity index (χ1v) is 13.0. The molecule has 4 aromatic rings. The summed E-state index contributed by atoms with van der Waals surface area (Å²) >= 11 is 0. The Bertz CT molecular complexity index is 1460. The van der Waals surface area contributed by atoms with E-state index in [1.165, 1.54) is 35.2 Å². The zero-order valence-electron chi connectivity index (χ0n) is 21.5. The van der Waals surface area contributed by atoms with Crippen LogP contribution in [0.5, 0.6) is 11.5 Å². The van der Waals surface area contributed by atoms with Crippen LogP contribution in [-0.2, 0) is 22.4 Å². The number of amides is 2. The Morgan fingerprint density at radius 1 is 0.800 bits per heavy atom. The van der Waals surface area contributed by atoms with E-state index in [4.69, 9.17) is 4.74 Å². The van der Waals surface area contributed by atoms with Gasteiger partial charge in [-0.25, -0.2) is 13.2 Å². The molecule has 0 aliphatic carbocycles. The monoisotopic (exact) mass is 544 g/mol. The van der Waals surface area contributed by atoms with Gasteiger partial charge in [-0.1, -0.05) is 36.4 Å². The summed E-state index contributed by atoms with van der Waals surface area (Å²) in [6.45, 7) is 0.298. The van der Waals surface area contributed by atoms with E-state index >= 15 is 0 Å². The summed E-state index contributed by atoms with van der Waals surface area (Å²) in [5.41, 5.74) is 1.27. The first-order chi connectivity index (χ1) is 19.4. The van der Waals surface area contributed by atoms with Crippen LogP contribution < -0.4 is 10.1 Å². The first-order valence-electron chi connectivity index (χ1n) is 13.0. The Labute approximate surface area is 230 Å². The Morgan fingerprint density at radius 2 is 1.43 bits per heavy atom. The Balaban J connectivity index is 1.30. The predicted molar refractivity (Wildman–Crippen MR) is 145 cm³/mol. The van der Waals surface area contributed by atoms with Crippen molar-refractivity contribution in [2.75, 3.05) is 11.9 Å². The summed E-state index contributed by atoms with van der Waals surface area (Å²) in [7, 11) is 0. The summed E-state index contributed by atoms with van der Waals surface area (Å²) in [6.07, 6.45) is 0.603. The molecule has 5 nitrogen and oxygen atoms in total. The number of halogens is 3. The quantitative estimate of drug-likeness (QED) is 0.274. The molecule has 0 spiro atoms. The highest BCUT2D eigenvalue weighted by Gasteiger charge is 2.39. The fourth-order valence-electron chi connectivity index (χ4n) is 4.97. The fourth-order valence-corrected chi connectivity index (χ4v) is 4.97. The summed E-state index contributed by atoms with van der Waals surface area (Å²) < 4.78 is 47.4. The van der Waals surface area contributed by atoms with Crippen LogP contribution in [0.2, 0.25) is 0 Å². The zero-order valence-corrected chi connectivity index (χ0v) is 21.5. The minimum absolute atomic E-state index is 0.000877. The smallest absolute Gasteiger partial charge is 0.247 e. The molecule has 0 unspecified atom stereocenters. The molecular formula is C32H27F3N2O3. The molecule has 1 aliphatic rings. The average molecular weight is 545 g/mol. The molecule has 2 atom stereocenters. The van der Waals surface area contributed by atoms with E-state index < -0.39 is 30.0 Å². The van der Waals surface area contributed by atoms with Crippen LogP contribution in [0.3, 0.4) is 0 Å². The van der Waals surface area contributed by atoms with E-state index in [1.54, 1.807) is 24.3 Å². The fraction of sp³-hybridized carbons (Fsp3) is 0.188. The molecule has 1 heterocycles. The molecule has 5 rings (SSSR count). The van der Waals surface area contributed by atoms with Crippen molar-refractivity contribution >= 4 is 17.5 Å². The summed E-state index contributed by atoms with van der Waals surface area (Å²) in [5.74, 6) is -1.89. The standard InChI is InChI=1S/C32H27F3N2O3/c33-23-9-13-25(14-10-23)40-26-15-11-24(12-16-26)36-32(39)30-18-22(17-21-5-2-1-3-6-21)20-37(30)31(38)19-27-28(34)7-4-8-29(27)35/h1-16,22,30H,17-20H2,(H,36,39)/t22-,30+/m1/s1. The van der Waals surface area contributed by atoms with E-state index in [0.29, 0.717) is 36.6 Å². The van der Waals surface area contributed by atoms with Gasteiger partial charge in [0.25, 0.3) is 0 Å². The van der Waals surface area contributed by atoms with Gasteiger partial charge >= 0.3 is 0 Å². The third-order valence-electron chi connectivity index (χ3n) is 6.94. The van der Waals surface area contributed by atoms with Crippen molar-refractivity contribution in [3.63, 3.8) is 0 Å². The van der Waals surface area contributed by atoms with Gasteiger partial charge in [-0.2, -0.15) is 0 Å². The van der Waals surface area contributed by atoms with Crippen molar-refractivity contribution in [3.8, 4) is 11.5 Å². The maximum Gasteiger partial charge on any atom is 0.247 e. The molecule has 2 amide bonds. The number of nitrogens with zero attached hydrogens (tertiary/aromatic N) is 1. The van der Waals surface area contributed by atoms with Crippen LogP contribution in [0.4, 0.5) is 18.9 Å². The van der Waals surface area contributed by atoms with Gasteiger partial charge < -0.3 is 15.0 Å². The molecule has 1 N–H and O–H groups in total. The van der Waals surface area contributed by atoms with Crippen LogP contribution in [0.15, 0.2) is 97.1 Å². The van der Waals surface area contributed by atoms with E-state index in [9.17, 15) is 22.8 Å². The minimum Gasteiger partial charge on any atom is -0.457 e. The lowest BCUT2D eigenvalue weighted by Crippen LogP contribution is -2.44. The maximum absolute atomic E-state index is 14.3. The number of ether oxygens (including phenoxy) is 1. The van der Waals surface area contributed by atoms with Crippen molar-refractivity contribution in [2.24, 2.45) is 5.92 Å². The van der Waals surface area contributed by atoms with Crippen molar-refractivity contribution in [3.05, 3.63) is 126 Å². The molecule has 1 aliphatic heterocycles. The molecule has 40 heavy (non-hydrogen) atoms. The molecule has 1 fully saturated rings. The lowest BCUT2D eigenvalue weighted by Gasteiger charge is -2.24. The molecule has 8 heteroatoms. The normalized spacial score (nSPS) is 16.5. The van der Waals surface area contributed by atoms with Crippen LogP contribution in [-0.4, -0.2) is 29.3 Å². The number of hydrogen-bond donors (Lipinski definition) is 1. The molecule has 0 bridgehead atoms. The Kier molecular flexibility index (Phi) is 8.15. The lowest BCUT2D eigenvalue weighted by atomic mass is 9.96. The third-order valence-corrected chi connectivity index (χ3v) is 6.94. The number of rotatable bonds is 8. The molecule has 204 valence electrons. The maximum atomic E-state index is 14.3. The highest BCUT2D eigenvalue weighted by Crippen LogP contribution is 2.30. The largest absolute Gasteiger partial charge is 0.457 e. The average Bonchev–Trinajstić information content (AvgIpc) is 3.38. The molecule has 0 radical (unpaired) electrons. The third kappa shape index (κ3) is 6.51. The van der Waals surface area contributed by atoms with Crippen molar-refractivity contribution in [1.82, 2.24) is 4.90 Å². The Hall–Kier alpha value is -4.59. The van der Waals surface area contributed by atoms with Crippen molar-refractivity contribution < 1.29 is 27.5 Å². The second kappa shape index (κ2) is 12.1. The molecule has 0 saturated carbocycles. The molecule has 1 saturated heterocycles. The number of carbonyl (C=O) groups excluding carboxylic acids is 2. The van der Waals surface area contributed by atoms with Gasteiger partial charge in [0, 0.05) is 17.8 Å². The molecular weight excluding hydrogens is 517 g/mol. The van der Waals surface area contributed by atoms with Crippen LogP contribution >= 0.6 is 0 Å². The predicted octanol–water partition coefficient (Wildman–Crippen LogP) is 6.54. The first kappa shape index (κ1) is 27.0. The SMILES string of the molecule is O=C(Nc1ccc(Oc2ccc(F)cc2)cc1)[C@@H]1C[C@@H](Cc2ccccc2)CN1C(=O)Cc1c(F)cccc1F. The second-order valence-corrected chi connectivity index (χ2v) is 9.80. The highest BCUT2D eigenvalue weighted by molar-refractivity contribution is 5.97. The minimum atomic E-state index is -0.800. The lowest BCUT2D eigenvalue weighted by molar-refractivity contribution is -0.136. The van der Waals surface area contributed by atoms with E-state index in [0.717, 1.165) is 17.7 Å². The van der Waals surface area contributed by atoms with Crippen molar-refractivity contribution in [1.29, 1.82) is 0 Å². The van der Waals surface area contributed by atoms with Gasteiger partial charge in [0.2, 0.25) is 11.8 Å². The van der Waals surface area contributed by atoms with Crippen LogP contribution in [0.1, 0.15) is 17.5 Å². The van der Waals surface area contributed by atoms with E-state index in [1.807, 2.05) is 30.3 Å². The van der Waals surface area contributed by atoms with Gasteiger partial charge in [0.05, 0.1) is 6.42 Å². The molecule has 0 aromatic heterocycles. The highest BCUT2D eigenvalue weighted by atomic mass is 19.1. The number of anilines is 1. The number of carbonyl (C=O) groups is 2. The van der Waals surface area contributed by atoms with Gasteiger partial charge in [-0.15, -0.1) is 0 Å². The van der Waals surface area contributed by atoms with E-state index in [2.05, 4.69) is 5.32 Å². The van der Waals surface area contributed by atoms with Gasteiger partial charge in [-0.05, 0) is 85.0 Å². The van der Waals surface area contributed by atoms with Crippen LogP contribution in [0, 0.1) is 23.4 Å². The summed E-state index contributed by atoms with van der Waals surface area (Å²) in [5, 5.41) is 2.85. The van der Waals surface area contributed by atoms with Gasteiger partial charge in [0.1, 0.15) is 35.0 Å². The van der Waals surface area contributed by atoms with Crippen molar-refractivity contribution in [2.45, 2.75) is 25.3 Å². The second-order valence-electron chi connectivity index (χ2n) is 9.80. The topological polar surface area (TPSA) is 58.6 Å². The van der Waals surface area contributed by atoms with E-state index in [-0.39, 0.29) is 23.2 Å². The number of hydrogen-bond acceptors (Lipinski definition) is 3. The summed E-state index contributed by atoms with van der Waals surface area (Å²) in [6, 6.07) is 24.7. The van der Waals surface area contributed by atoms with Crippen LogP contribution in [0.25, 0.3) is 0 Å². The van der Waals surface area contributed by atoms with Gasteiger partial charge in [-0.3, -0.25) is 9.59 Å². The number of nitrogens with one attached hydrogen (secondary N) is 1. The number of likely N-dealkylation sites (tertiary alicyclic amines) is 1. The zero-order chi connectivity index (χ0) is 28.1.